The third kappa shape index (κ3) is 4.34. The van der Waals surface area contributed by atoms with Gasteiger partial charge in [-0.15, -0.1) is 0 Å². The van der Waals surface area contributed by atoms with Crippen LogP contribution in [0.5, 0.6) is 5.75 Å². The first-order valence-electron chi connectivity index (χ1n) is 9.63. The number of carbonyl (C=O) groups excluding carboxylic acids is 1. The first kappa shape index (κ1) is 18.5. The predicted octanol–water partition coefficient (Wildman–Crippen LogP) is 3.73. The molecule has 0 saturated carbocycles. The number of hydrogen-bond donors (Lipinski definition) is 1. The standard InChI is InChI=1S/C22H24N2O4/c1-26-17-8-5-15(6-9-17)12-21-24-19-10-7-16(13-20(19)28-21)22(25)23-14-18-4-2-3-11-27-18/h5-10,13,18H,2-4,11-12,14H2,1H3,(H,23,25). The van der Waals surface area contributed by atoms with Crippen LogP contribution >= 0.6 is 0 Å². The number of fused-ring (bicyclic) bond motifs is 1. The molecule has 28 heavy (non-hydrogen) atoms. The molecule has 1 aliphatic heterocycles. The van der Waals surface area contributed by atoms with Crippen molar-refractivity contribution in [3.63, 3.8) is 0 Å². The molecule has 1 aromatic heterocycles. The molecule has 1 aliphatic rings. The molecule has 1 fully saturated rings. The largest absolute Gasteiger partial charge is 0.497 e. The summed E-state index contributed by atoms with van der Waals surface area (Å²) in [6, 6.07) is 13.1. The lowest BCUT2D eigenvalue weighted by molar-refractivity contribution is 0.0169. The van der Waals surface area contributed by atoms with Gasteiger partial charge in [-0.1, -0.05) is 12.1 Å². The minimum absolute atomic E-state index is 0.114. The monoisotopic (exact) mass is 380 g/mol. The topological polar surface area (TPSA) is 73.6 Å². The van der Waals surface area contributed by atoms with Gasteiger partial charge in [0.2, 0.25) is 0 Å². The Morgan fingerprint density at radius 1 is 1.21 bits per heavy atom. The number of hydrogen-bond acceptors (Lipinski definition) is 5. The van der Waals surface area contributed by atoms with Crippen molar-refractivity contribution in [2.75, 3.05) is 20.3 Å². The molecular weight excluding hydrogens is 356 g/mol. The summed E-state index contributed by atoms with van der Waals surface area (Å²) in [5.74, 6) is 1.31. The van der Waals surface area contributed by atoms with Crippen molar-refractivity contribution >= 4 is 17.0 Å². The Hall–Kier alpha value is -2.86. The highest BCUT2D eigenvalue weighted by Gasteiger charge is 2.16. The summed E-state index contributed by atoms with van der Waals surface area (Å²) in [4.78, 5) is 17.0. The molecule has 0 bridgehead atoms. The number of amides is 1. The van der Waals surface area contributed by atoms with E-state index in [2.05, 4.69) is 10.3 Å². The second-order valence-corrected chi connectivity index (χ2v) is 7.01. The van der Waals surface area contributed by atoms with Crippen molar-refractivity contribution in [3.05, 3.63) is 59.5 Å². The first-order valence-corrected chi connectivity index (χ1v) is 9.63. The maximum Gasteiger partial charge on any atom is 0.251 e. The van der Waals surface area contributed by atoms with E-state index in [1.165, 1.54) is 0 Å². The van der Waals surface area contributed by atoms with Gasteiger partial charge in [0.05, 0.1) is 13.2 Å². The molecule has 0 aliphatic carbocycles. The number of aromatic nitrogens is 1. The number of benzene rings is 2. The molecule has 0 radical (unpaired) electrons. The summed E-state index contributed by atoms with van der Waals surface area (Å²) in [6.45, 7) is 1.32. The molecule has 146 valence electrons. The summed E-state index contributed by atoms with van der Waals surface area (Å²) in [5, 5.41) is 2.95. The van der Waals surface area contributed by atoms with Gasteiger partial charge in [-0.25, -0.2) is 4.98 Å². The van der Waals surface area contributed by atoms with E-state index in [4.69, 9.17) is 13.9 Å². The highest BCUT2D eigenvalue weighted by Crippen LogP contribution is 2.21. The summed E-state index contributed by atoms with van der Waals surface area (Å²) >= 11 is 0. The van der Waals surface area contributed by atoms with E-state index in [9.17, 15) is 4.79 Å². The van der Waals surface area contributed by atoms with E-state index in [-0.39, 0.29) is 12.0 Å². The number of ether oxygens (including phenoxy) is 2. The Balaban J connectivity index is 1.42. The van der Waals surface area contributed by atoms with E-state index >= 15 is 0 Å². The maximum absolute atomic E-state index is 12.4. The van der Waals surface area contributed by atoms with Gasteiger partial charge in [0.15, 0.2) is 11.5 Å². The Bertz CT molecular complexity index is 943. The summed E-state index contributed by atoms with van der Waals surface area (Å²) in [7, 11) is 1.64. The molecule has 6 heteroatoms. The van der Waals surface area contributed by atoms with Crippen LogP contribution in [0.25, 0.3) is 11.1 Å². The Labute approximate surface area is 163 Å². The zero-order valence-electron chi connectivity index (χ0n) is 15.9. The number of nitrogens with one attached hydrogen (secondary N) is 1. The van der Waals surface area contributed by atoms with Crippen molar-refractivity contribution < 1.29 is 18.7 Å². The molecule has 0 spiro atoms. The average Bonchev–Trinajstić information content (AvgIpc) is 3.14. The zero-order valence-corrected chi connectivity index (χ0v) is 15.9. The fraction of sp³-hybridized carbons (Fsp3) is 0.364. The third-order valence-corrected chi connectivity index (χ3v) is 4.97. The maximum atomic E-state index is 12.4. The van der Waals surface area contributed by atoms with E-state index in [1.54, 1.807) is 19.2 Å². The van der Waals surface area contributed by atoms with Crippen molar-refractivity contribution in [2.24, 2.45) is 0 Å². The summed E-state index contributed by atoms with van der Waals surface area (Å²) in [6.07, 6.45) is 3.95. The normalized spacial score (nSPS) is 16.8. The van der Waals surface area contributed by atoms with Crippen LogP contribution in [-0.2, 0) is 11.2 Å². The molecule has 1 N–H and O–H groups in total. The quantitative estimate of drug-likeness (QED) is 0.705. The van der Waals surface area contributed by atoms with Crippen LogP contribution < -0.4 is 10.1 Å². The average molecular weight is 380 g/mol. The van der Waals surface area contributed by atoms with E-state index in [1.807, 2.05) is 30.3 Å². The van der Waals surface area contributed by atoms with Gasteiger partial charge >= 0.3 is 0 Å². The van der Waals surface area contributed by atoms with Gasteiger partial charge in [0.25, 0.3) is 5.91 Å². The number of oxazole rings is 1. The Morgan fingerprint density at radius 3 is 2.82 bits per heavy atom. The highest BCUT2D eigenvalue weighted by molar-refractivity contribution is 5.97. The third-order valence-electron chi connectivity index (χ3n) is 4.97. The highest BCUT2D eigenvalue weighted by atomic mass is 16.5. The van der Waals surface area contributed by atoms with Crippen LogP contribution in [-0.4, -0.2) is 37.3 Å². The van der Waals surface area contributed by atoms with Gasteiger partial charge in [-0.05, 0) is 55.2 Å². The number of rotatable bonds is 6. The van der Waals surface area contributed by atoms with Crippen molar-refractivity contribution in [1.82, 2.24) is 10.3 Å². The van der Waals surface area contributed by atoms with E-state index in [0.717, 1.165) is 42.7 Å². The minimum Gasteiger partial charge on any atom is -0.497 e. The number of nitrogens with zero attached hydrogens (tertiary/aromatic N) is 1. The van der Waals surface area contributed by atoms with Gasteiger partial charge in [0, 0.05) is 25.1 Å². The summed E-state index contributed by atoms with van der Waals surface area (Å²) < 4.78 is 16.7. The lowest BCUT2D eigenvalue weighted by atomic mass is 10.1. The van der Waals surface area contributed by atoms with Crippen LogP contribution in [0.4, 0.5) is 0 Å². The summed E-state index contributed by atoms with van der Waals surface area (Å²) in [5.41, 5.74) is 3.01. The fourth-order valence-electron chi connectivity index (χ4n) is 3.38. The number of carbonyl (C=O) groups is 1. The predicted molar refractivity (Wildman–Crippen MR) is 106 cm³/mol. The van der Waals surface area contributed by atoms with Gasteiger partial charge in [-0.2, -0.15) is 0 Å². The smallest absolute Gasteiger partial charge is 0.251 e. The Morgan fingerprint density at radius 2 is 2.07 bits per heavy atom. The van der Waals surface area contributed by atoms with Crippen LogP contribution in [0, 0.1) is 0 Å². The van der Waals surface area contributed by atoms with Gasteiger partial charge in [0.1, 0.15) is 11.3 Å². The van der Waals surface area contributed by atoms with Crippen LogP contribution in [0.3, 0.4) is 0 Å². The lowest BCUT2D eigenvalue weighted by Gasteiger charge is -2.22. The fourth-order valence-corrected chi connectivity index (χ4v) is 3.38. The molecule has 1 unspecified atom stereocenters. The lowest BCUT2D eigenvalue weighted by Crippen LogP contribution is -2.35. The molecule has 4 rings (SSSR count). The molecule has 1 saturated heterocycles. The molecular formula is C22H24N2O4. The van der Waals surface area contributed by atoms with Gasteiger partial charge in [-0.3, -0.25) is 4.79 Å². The van der Waals surface area contributed by atoms with Crippen molar-refractivity contribution in [3.8, 4) is 5.75 Å². The van der Waals surface area contributed by atoms with Crippen LogP contribution in [0.1, 0.15) is 41.1 Å². The molecule has 2 aromatic carbocycles. The second-order valence-electron chi connectivity index (χ2n) is 7.01. The van der Waals surface area contributed by atoms with Crippen LogP contribution in [0.2, 0.25) is 0 Å². The molecule has 2 heterocycles. The molecule has 3 aromatic rings. The Kier molecular flexibility index (Phi) is 5.58. The first-order chi connectivity index (χ1) is 13.7. The second kappa shape index (κ2) is 8.44. The van der Waals surface area contributed by atoms with Crippen LogP contribution in [0.15, 0.2) is 46.9 Å². The molecule has 6 nitrogen and oxygen atoms in total. The van der Waals surface area contributed by atoms with E-state index < -0.39 is 0 Å². The number of methoxy groups -OCH3 is 1. The minimum atomic E-state index is -0.121. The molecule has 1 amide bonds. The van der Waals surface area contributed by atoms with Gasteiger partial charge < -0.3 is 19.2 Å². The SMILES string of the molecule is COc1ccc(Cc2nc3ccc(C(=O)NCC4CCCCO4)cc3o2)cc1. The molecule has 1 atom stereocenters. The van der Waals surface area contributed by atoms with Crippen molar-refractivity contribution in [1.29, 1.82) is 0 Å². The van der Waals surface area contributed by atoms with Crippen molar-refractivity contribution in [2.45, 2.75) is 31.8 Å². The zero-order chi connectivity index (χ0) is 19.3. The van der Waals surface area contributed by atoms with E-state index in [0.29, 0.717) is 30.0 Å².